The first-order valence-corrected chi connectivity index (χ1v) is 5.72. The number of nitrogens with one attached hydrogen (secondary N) is 1. The number of aryl methyl sites for hydroxylation is 1. The number of benzene rings is 1. The first kappa shape index (κ1) is 12.4. The van der Waals surface area contributed by atoms with Gasteiger partial charge in [-0.2, -0.15) is 0 Å². The number of nitrogen functional groups attached to an aromatic ring is 1. The number of aromatic nitrogens is 1. The normalized spacial score (nSPS) is 10.1. The predicted octanol–water partition coefficient (Wildman–Crippen LogP) is 2.88. The lowest BCUT2D eigenvalue weighted by molar-refractivity contribution is 0.102. The lowest BCUT2D eigenvalue weighted by atomic mass is 10.1. The first-order valence-electron chi connectivity index (χ1n) is 5.35. The maximum Gasteiger partial charge on any atom is 0.257 e. The molecule has 0 aliphatic carbocycles. The van der Waals surface area contributed by atoms with Gasteiger partial charge in [-0.05, 0) is 30.7 Å². The molecule has 0 unspecified atom stereocenters. The molecule has 1 amide bonds. The smallest absolute Gasteiger partial charge is 0.257 e. The van der Waals surface area contributed by atoms with E-state index in [4.69, 9.17) is 17.3 Å². The quantitative estimate of drug-likeness (QED) is 0.817. The van der Waals surface area contributed by atoms with Crippen molar-refractivity contribution in [1.29, 1.82) is 0 Å². The SMILES string of the molecule is Cc1cncc(NC(=O)c2cccc(Cl)c2N)c1. The predicted molar refractivity (Wildman–Crippen MR) is 72.8 cm³/mol. The van der Waals surface area contributed by atoms with Gasteiger partial charge in [0.05, 0.1) is 28.2 Å². The van der Waals surface area contributed by atoms with E-state index in [1.54, 1.807) is 30.6 Å². The highest BCUT2D eigenvalue weighted by molar-refractivity contribution is 6.34. The Bertz CT molecular complexity index is 599. The minimum absolute atomic E-state index is 0.275. The Kier molecular flexibility index (Phi) is 3.48. The zero-order chi connectivity index (χ0) is 13.1. The van der Waals surface area contributed by atoms with Crippen LogP contribution < -0.4 is 11.1 Å². The monoisotopic (exact) mass is 261 g/mol. The summed E-state index contributed by atoms with van der Waals surface area (Å²) in [6.07, 6.45) is 3.29. The number of nitrogens with zero attached hydrogens (tertiary/aromatic N) is 1. The number of anilines is 2. The summed E-state index contributed by atoms with van der Waals surface area (Å²) in [6, 6.07) is 6.77. The van der Waals surface area contributed by atoms with E-state index in [2.05, 4.69) is 10.3 Å². The highest BCUT2D eigenvalue weighted by Crippen LogP contribution is 2.23. The Balaban J connectivity index is 2.25. The number of hydrogen-bond donors (Lipinski definition) is 2. The number of carbonyl (C=O) groups excluding carboxylic acids is 1. The van der Waals surface area contributed by atoms with E-state index in [-0.39, 0.29) is 11.6 Å². The summed E-state index contributed by atoms with van der Waals surface area (Å²) in [7, 11) is 0. The van der Waals surface area contributed by atoms with Crippen molar-refractivity contribution in [2.75, 3.05) is 11.1 Å². The molecule has 92 valence electrons. The van der Waals surface area contributed by atoms with Gasteiger partial charge in [-0.15, -0.1) is 0 Å². The third kappa shape index (κ3) is 2.60. The van der Waals surface area contributed by atoms with Gasteiger partial charge in [-0.1, -0.05) is 17.7 Å². The molecule has 0 bridgehead atoms. The van der Waals surface area contributed by atoms with E-state index in [0.717, 1.165) is 5.56 Å². The van der Waals surface area contributed by atoms with Crippen LogP contribution in [0.25, 0.3) is 0 Å². The van der Waals surface area contributed by atoms with Crippen molar-refractivity contribution in [2.45, 2.75) is 6.92 Å². The van der Waals surface area contributed by atoms with Gasteiger partial charge >= 0.3 is 0 Å². The van der Waals surface area contributed by atoms with Crippen LogP contribution in [0.2, 0.25) is 5.02 Å². The number of para-hydroxylation sites is 1. The van der Waals surface area contributed by atoms with E-state index < -0.39 is 0 Å². The fourth-order valence-corrected chi connectivity index (χ4v) is 1.73. The third-order valence-corrected chi connectivity index (χ3v) is 2.76. The number of pyridine rings is 1. The summed E-state index contributed by atoms with van der Waals surface area (Å²) >= 11 is 5.87. The number of rotatable bonds is 2. The van der Waals surface area contributed by atoms with Crippen LogP contribution >= 0.6 is 11.6 Å². The molecular formula is C13H12ClN3O. The van der Waals surface area contributed by atoms with Crippen molar-refractivity contribution in [3.05, 3.63) is 52.8 Å². The van der Waals surface area contributed by atoms with Gasteiger partial charge in [-0.25, -0.2) is 0 Å². The summed E-state index contributed by atoms with van der Waals surface area (Å²) in [5.74, 6) is -0.303. The molecule has 0 fully saturated rings. The Morgan fingerprint density at radius 3 is 2.89 bits per heavy atom. The summed E-state index contributed by atoms with van der Waals surface area (Å²) < 4.78 is 0. The van der Waals surface area contributed by atoms with E-state index in [9.17, 15) is 4.79 Å². The van der Waals surface area contributed by atoms with Crippen molar-refractivity contribution in [2.24, 2.45) is 0 Å². The second-order valence-corrected chi connectivity index (χ2v) is 4.31. The van der Waals surface area contributed by atoms with Crippen LogP contribution in [0.5, 0.6) is 0 Å². The molecular weight excluding hydrogens is 250 g/mol. The number of halogens is 1. The molecule has 0 radical (unpaired) electrons. The molecule has 0 aliphatic heterocycles. The molecule has 1 aromatic heterocycles. The maximum absolute atomic E-state index is 12.0. The standard InChI is InChI=1S/C13H12ClN3O/c1-8-5-9(7-16-6-8)17-13(18)10-3-2-4-11(14)12(10)15/h2-7H,15H2,1H3,(H,17,18). The van der Waals surface area contributed by atoms with Crippen LogP contribution in [0.1, 0.15) is 15.9 Å². The molecule has 18 heavy (non-hydrogen) atoms. The molecule has 5 heteroatoms. The lowest BCUT2D eigenvalue weighted by Gasteiger charge is -2.08. The number of nitrogens with two attached hydrogens (primary N) is 1. The zero-order valence-corrected chi connectivity index (χ0v) is 10.5. The Morgan fingerprint density at radius 2 is 2.17 bits per heavy atom. The van der Waals surface area contributed by atoms with Crippen LogP contribution in [0, 0.1) is 6.92 Å². The molecule has 0 spiro atoms. The molecule has 0 saturated carbocycles. The summed E-state index contributed by atoms with van der Waals surface area (Å²) in [4.78, 5) is 16.0. The fourth-order valence-electron chi connectivity index (χ4n) is 1.56. The number of amides is 1. The molecule has 3 N–H and O–H groups in total. The largest absolute Gasteiger partial charge is 0.397 e. The van der Waals surface area contributed by atoms with Crippen LogP contribution in [-0.4, -0.2) is 10.9 Å². The van der Waals surface area contributed by atoms with Gasteiger partial charge < -0.3 is 11.1 Å². The second-order valence-electron chi connectivity index (χ2n) is 3.91. The van der Waals surface area contributed by atoms with Gasteiger partial charge in [0.2, 0.25) is 0 Å². The van der Waals surface area contributed by atoms with Crippen LogP contribution in [0.3, 0.4) is 0 Å². The minimum atomic E-state index is -0.303. The summed E-state index contributed by atoms with van der Waals surface area (Å²) in [5, 5.41) is 3.09. The van der Waals surface area contributed by atoms with Gasteiger partial charge in [0, 0.05) is 6.20 Å². The van der Waals surface area contributed by atoms with E-state index in [1.165, 1.54) is 0 Å². The summed E-state index contributed by atoms with van der Waals surface area (Å²) in [6.45, 7) is 1.90. The average molecular weight is 262 g/mol. The van der Waals surface area contributed by atoms with Crippen LogP contribution in [0.15, 0.2) is 36.7 Å². The molecule has 1 heterocycles. The highest BCUT2D eigenvalue weighted by Gasteiger charge is 2.11. The molecule has 0 saturated heterocycles. The Hall–Kier alpha value is -2.07. The van der Waals surface area contributed by atoms with Crippen molar-refractivity contribution < 1.29 is 4.79 Å². The van der Waals surface area contributed by atoms with Crippen molar-refractivity contribution >= 4 is 28.9 Å². The van der Waals surface area contributed by atoms with Gasteiger partial charge in [-0.3, -0.25) is 9.78 Å². The molecule has 0 atom stereocenters. The van der Waals surface area contributed by atoms with E-state index in [0.29, 0.717) is 16.3 Å². The first-order chi connectivity index (χ1) is 8.58. The van der Waals surface area contributed by atoms with Gasteiger partial charge in [0.25, 0.3) is 5.91 Å². The molecule has 1 aromatic carbocycles. The lowest BCUT2D eigenvalue weighted by Crippen LogP contribution is -2.14. The van der Waals surface area contributed by atoms with E-state index >= 15 is 0 Å². The maximum atomic E-state index is 12.0. The number of hydrogen-bond acceptors (Lipinski definition) is 3. The van der Waals surface area contributed by atoms with Gasteiger partial charge in [0.1, 0.15) is 0 Å². The Morgan fingerprint density at radius 1 is 1.39 bits per heavy atom. The average Bonchev–Trinajstić information content (AvgIpc) is 2.32. The summed E-state index contributed by atoms with van der Waals surface area (Å²) in [5.41, 5.74) is 7.97. The van der Waals surface area contributed by atoms with Crippen molar-refractivity contribution in [3.8, 4) is 0 Å². The van der Waals surface area contributed by atoms with Gasteiger partial charge in [0.15, 0.2) is 0 Å². The third-order valence-electron chi connectivity index (χ3n) is 2.43. The Labute approximate surface area is 110 Å². The van der Waals surface area contributed by atoms with Crippen LogP contribution in [-0.2, 0) is 0 Å². The molecule has 4 nitrogen and oxygen atoms in total. The molecule has 2 rings (SSSR count). The zero-order valence-electron chi connectivity index (χ0n) is 9.77. The minimum Gasteiger partial charge on any atom is -0.397 e. The molecule has 2 aromatic rings. The second kappa shape index (κ2) is 5.06. The molecule has 0 aliphatic rings. The van der Waals surface area contributed by atoms with E-state index in [1.807, 2.05) is 13.0 Å². The highest BCUT2D eigenvalue weighted by atomic mass is 35.5. The van der Waals surface area contributed by atoms with Crippen molar-refractivity contribution in [1.82, 2.24) is 4.98 Å². The fraction of sp³-hybridized carbons (Fsp3) is 0.0769. The van der Waals surface area contributed by atoms with Crippen molar-refractivity contribution in [3.63, 3.8) is 0 Å². The topological polar surface area (TPSA) is 68.0 Å². The van der Waals surface area contributed by atoms with Crippen LogP contribution in [0.4, 0.5) is 11.4 Å². The number of carbonyl (C=O) groups is 1.